The summed E-state index contributed by atoms with van der Waals surface area (Å²) in [5, 5.41) is 3.00. The Bertz CT molecular complexity index is 590. The molecule has 0 aromatic heterocycles. The van der Waals surface area contributed by atoms with Crippen LogP contribution in [0.5, 0.6) is 0 Å². The van der Waals surface area contributed by atoms with E-state index in [1.54, 1.807) is 19.1 Å². The van der Waals surface area contributed by atoms with Crippen molar-refractivity contribution in [2.24, 2.45) is 0 Å². The zero-order valence-electron chi connectivity index (χ0n) is 11.4. The summed E-state index contributed by atoms with van der Waals surface area (Å²) < 4.78 is 41.5. The minimum Gasteiger partial charge on any atom is -0.306 e. The second kappa shape index (κ2) is 6.09. The van der Waals surface area contributed by atoms with Crippen LogP contribution in [0.3, 0.4) is 0 Å². The van der Waals surface area contributed by atoms with Gasteiger partial charge in [0.25, 0.3) is 0 Å². The Kier molecular flexibility index (Phi) is 4.45. The molecular weight excluding hydrogens is 263 g/mol. The third-order valence-corrected chi connectivity index (χ3v) is 3.23. The van der Waals surface area contributed by atoms with Crippen LogP contribution >= 0.6 is 0 Å². The molecule has 0 saturated carbocycles. The number of hydrogen-bond donors (Lipinski definition) is 1. The molecule has 0 bridgehead atoms. The van der Waals surface area contributed by atoms with Gasteiger partial charge in [-0.2, -0.15) is 0 Å². The fourth-order valence-corrected chi connectivity index (χ4v) is 2.17. The smallest absolute Gasteiger partial charge is 0.131 e. The summed E-state index contributed by atoms with van der Waals surface area (Å²) in [5.41, 5.74) is 0.912. The first-order chi connectivity index (χ1) is 9.54. The Morgan fingerprint density at radius 1 is 1.00 bits per heavy atom. The maximum absolute atomic E-state index is 13.9. The molecule has 0 aliphatic carbocycles. The fourth-order valence-electron chi connectivity index (χ4n) is 2.17. The third kappa shape index (κ3) is 2.85. The molecule has 1 N–H and O–H groups in total. The van der Waals surface area contributed by atoms with Gasteiger partial charge in [0.05, 0.1) is 6.04 Å². The maximum Gasteiger partial charge on any atom is 0.131 e. The number of rotatable bonds is 4. The van der Waals surface area contributed by atoms with Gasteiger partial charge in [0.2, 0.25) is 0 Å². The molecule has 0 radical (unpaired) electrons. The summed E-state index contributed by atoms with van der Waals surface area (Å²) >= 11 is 0. The van der Waals surface area contributed by atoms with Crippen molar-refractivity contribution < 1.29 is 13.2 Å². The first-order valence-electron chi connectivity index (χ1n) is 6.48. The lowest BCUT2D eigenvalue weighted by atomic mass is 9.96. The summed E-state index contributed by atoms with van der Waals surface area (Å²) in [7, 11) is 0. The quantitative estimate of drug-likeness (QED) is 0.888. The van der Waals surface area contributed by atoms with Crippen molar-refractivity contribution >= 4 is 0 Å². The van der Waals surface area contributed by atoms with Crippen LogP contribution in [0.1, 0.15) is 29.7 Å². The maximum atomic E-state index is 13.9. The highest BCUT2D eigenvalue weighted by Gasteiger charge is 2.21. The van der Waals surface area contributed by atoms with Crippen LogP contribution in [-0.4, -0.2) is 6.54 Å². The molecule has 2 aromatic rings. The van der Waals surface area contributed by atoms with Crippen LogP contribution in [-0.2, 0) is 0 Å². The molecule has 2 rings (SSSR count). The molecule has 1 atom stereocenters. The summed E-state index contributed by atoms with van der Waals surface area (Å²) in [4.78, 5) is 0. The predicted octanol–water partition coefficient (Wildman–Crippen LogP) is 4.11. The van der Waals surface area contributed by atoms with Gasteiger partial charge in [-0.3, -0.25) is 0 Å². The lowest BCUT2D eigenvalue weighted by Crippen LogP contribution is -2.24. The monoisotopic (exact) mass is 279 g/mol. The summed E-state index contributed by atoms with van der Waals surface area (Å²) in [5.74, 6) is -1.67. The van der Waals surface area contributed by atoms with Crippen molar-refractivity contribution in [1.29, 1.82) is 0 Å². The zero-order chi connectivity index (χ0) is 14.7. The topological polar surface area (TPSA) is 12.0 Å². The third-order valence-electron chi connectivity index (χ3n) is 3.23. The van der Waals surface area contributed by atoms with Gasteiger partial charge in [0.1, 0.15) is 17.5 Å². The van der Waals surface area contributed by atoms with Crippen LogP contribution in [0.15, 0.2) is 36.4 Å². The highest BCUT2D eigenvalue weighted by molar-refractivity contribution is 5.35. The van der Waals surface area contributed by atoms with Gasteiger partial charge in [0.15, 0.2) is 0 Å². The van der Waals surface area contributed by atoms with Gasteiger partial charge in [-0.05, 0) is 42.8 Å². The highest BCUT2D eigenvalue weighted by Crippen LogP contribution is 2.28. The van der Waals surface area contributed by atoms with E-state index >= 15 is 0 Å². The molecule has 20 heavy (non-hydrogen) atoms. The largest absolute Gasteiger partial charge is 0.306 e. The molecule has 106 valence electrons. The van der Waals surface area contributed by atoms with E-state index in [4.69, 9.17) is 0 Å². The molecule has 1 nitrogen and oxygen atoms in total. The highest BCUT2D eigenvalue weighted by atomic mass is 19.1. The molecule has 0 aliphatic heterocycles. The number of nitrogens with one attached hydrogen (secondary N) is 1. The molecule has 1 unspecified atom stereocenters. The van der Waals surface area contributed by atoms with E-state index in [2.05, 4.69) is 5.32 Å². The first-order valence-corrected chi connectivity index (χ1v) is 6.48. The number of halogens is 3. The molecule has 0 amide bonds. The number of benzene rings is 2. The lowest BCUT2D eigenvalue weighted by molar-refractivity contribution is 0.508. The normalized spacial score (nSPS) is 12.4. The minimum absolute atomic E-state index is 0.0856. The van der Waals surface area contributed by atoms with E-state index in [1.807, 2.05) is 6.92 Å². The molecule has 0 heterocycles. The number of aryl methyl sites for hydroxylation is 1. The Labute approximate surface area is 116 Å². The molecular formula is C16H16F3N. The van der Waals surface area contributed by atoms with Gasteiger partial charge >= 0.3 is 0 Å². The van der Waals surface area contributed by atoms with Crippen molar-refractivity contribution in [2.45, 2.75) is 19.9 Å². The molecule has 2 aromatic carbocycles. The minimum atomic E-state index is -0.712. The van der Waals surface area contributed by atoms with Gasteiger partial charge in [-0.25, -0.2) is 13.2 Å². The fraction of sp³-hybridized carbons (Fsp3) is 0.250. The van der Waals surface area contributed by atoms with Gasteiger partial charge in [-0.15, -0.1) is 0 Å². The summed E-state index contributed by atoms with van der Waals surface area (Å²) in [6.45, 7) is 3.98. The van der Waals surface area contributed by atoms with Crippen molar-refractivity contribution in [2.75, 3.05) is 6.54 Å². The second-order valence-corrected chi connectivity index (χ2v) is 4.63. The van der Waals surface area contributed by atoms with Crippen LogP contribution in [0, 0.1) is 24.4 Å². The van der Waals surface area contributed by atoms with Gasteiger partial charge in [-0.1, -0.05) is 25.1 Å². The molecule has 0 fully saturated rings. The van der Waals surface area contributed by atoms with Crippen molar-refractivity contribution in [3.05, 3.63) is 70.5 Å². The SMILES string of the molecule is CCNC(c1ccc(C)c(F)c1)c1c(F)cccc1F. The van der Waals surface area contributed by atoms with Crippen LogP contribution in [0.25, 0.3) is 0 Å². The molecule has 0 aliphatic rings. The second-order valence-electron chi connectivity index (χ2n) is 4.63. The van der Waals surface area contributed by atoms with Crippen LogP contribution < -0.4 is 5.32 Å². The Hall–Kier alpha value is -1.81. The Balaban J connectivity index is 2.53. The Morgan fingerprint density at radius 2 is 1.65 bits per heavy atom. The standard InChI is InChI=1S/C16H16F3N/c1-3-20-16(11-8-7-10(2)14(19)9-11)15-12(17)5-4-6-13(15)18/h4-9,16,20H,3H2,1-2H3. The van der Waals surface area contributed by atoms with E-state index in [0.717, 1.165) is 0 Å². The zero-order valence-corrected chi connectivity index (χ0v) is 11.4. The molecule has 0 spiro atoms. The Morgan fingerprint density at radius 3 is 2.20 bits per heavy atom. The van der Waals surface area contributed by atoms with Gasteiger partial charge < -0.3 is 5.32 Å². The van der Waals surface area contributed by atoms with E-state index in [9.17, 15) is 13.2 Å². The molecule has 0 saturated heterocycles. The van der Waals surface area contributed by atoms with E-state index in [1.165, 1.54) is 24.3 Å². The average Bonchev–Trinajstić information content (AvgIpc) is 2.41. The van der Waals surface area contributed by atoms with E-state index < -0.39 is 17.7 Å². The van der Waals surface area contributed by atoms with Crippen molar-refractivity contribution in [3.8, 4) is 0 Å². The lowest BCUT2D eigenvalue weighted by Gasteiger charge is -2.20. The summed E-state index contributed by atoms with van der Waals surface area (Å²) in [6, 6.07) is 7.60. The van der Waals surface area contributed by atoms with E-state index in [0.29, 0.717) is 17.7 Å². The predicted molar refractivity (Wildman–Crippen MR) is 73.0 cm³/mol. The van der Waals surface area contributed by atoms with Crippen LogP contribution in [0.2, 0.25) is 0 Å². The van der Waals surface area contributed by atoms with Crippen molar-refractivity contribution in [1.82, 2.24) is 5.32 Å². The molecule has 4 heteroatoms. The van der Waals surface area contributed by atoms with Crippen LogP contribution in [0.4, 0.5) is 13.2 Å². The summed E-state index contributed by atoms with van der Waals surface area (Å²) in [6.07, 6.45) is 0. The average molecular weight is 279 g/mol. The van der Waals surface area contributed by atoms with E-state index in [-0.39, 0.29) is 11.4 Å². The van der Waals surface area contributed by atoms with Crippen molar-refractivity contribution in [3.63, 3.8) is 0 Å². The number of hydrogen-bond acceptors (Lipinski definition) is 1. The first kappa shape index (κ1) is 14.6. The van der Waals surface area contributed by atoms with Gasteiger partial charge in [0, 0.05) is 5.56 Å².